The van der Waals surface area contributed by atoms with E-state index in [-0.39, 0.29) is 17.1 Å². The lowest BCUT2D eigenvalue weighted by atomic mass is 10.1. The average molecular weight is 617 g/mol. The minimum absolute atomic E-state index is 0.127. The number of thiol groups is 1. The highest BCUT2D eigenvalue weighted by molar-refractivity contribution is 8.65. The molecule has 18 heteroatoms. The second-order valence-corrected chi connectivity index (χ2v) is 14.4. The van der Waals surface area contributed by atoms with Crippen LogP contribution in [0.25, 0.3) is 0 Å². The number of anilines is 1. The van der Waals surface area contributed by atoms with Gasteiger partial charge in [-0.3, -0.25) is 9.46 Å². The summed E-state index contributed by atoms with van der Waals surface area (Å²) < 4.78 is 18.2. The van der Waals surface area contributed by atoms with Crippen molar-refractivity contribution in [1.29, 1.82) is 0 Å². The Morgan fingerprint density at radius 2 is 1.80 bits per heavy atom. The minimum Gasteiger partial charge on any atom is -0.425 e. The highest BCUT2D eigenvalue weighted by atomic mass is 32.9. The van der Waals surface area contributed by atoms with Gasteiger partial charge in [0.05, 0.1) is 25.0 Å². The molecule has 0 bridgehead atoms. The molecule has 1 heterocycles. The Labute approximate surface area is 238 Å². The van der Waals surface area contributed by atoms with Crippen LogP contribution in [-0.4, -0.2) is 72.8 Å². The highest BCUT2D eigenvalue weighted by Crippen LogP contribution is 2.53. The minimum atomic E-state index is -2.32. The molecule has 2 aromatic rings. The van der Waals surface area contributed by atoms with Crippen molar-refractivity contribution in [2.45, 2.75) is 12.5 Å². The molecule has 2 unspecified atom stereocenters. The molecule has 1 aliphatic heterocycles. The van der Waals surface area contributed by atoms with Crippen LogP contribution < -0.4 is 20.1 Å². The highest BCUT2D eigenvalue weighted by Gasteiger charge is 2.27. The summed E-state index contributed by atoms with van der Waals surface area (Å²) in [5, 5.41) is 20.0. The largest absolute Gasteiger partial charge is 0.425 e. The van der Waals surface area contributed by atoms with Crippen LogP contribution in [0.5, 0.6) is 11.5 Å². The Kier molecular flexibility index (Phi) is 11.0. The third-order valence-electron chi connectivity index (χ3n) is 5.46. The number of carbonyl (C=O) groups excluding carboxylic acids is 2. The molecule has 2 aromatic carbocycles. The van der Waals surface area contributed by atoms with Crippen molar-refractivity contribution < 1.29 is 43.6 Å². The molecule has 1 aliphatic rings. The maximum Gasteiger partial charge on any atom is 0.347 e. The number of nitrogens with one attached hydrogen (secondary N) is 1. The van der Waals surface area contributed by atoms with Crippen LogP contribution in [0, 0.1) is 20.2 Å². The van der Waals surface area contributed by atoms with E-state index in [0.717, 1.165) is 5.30 Å². The molecular formula is C22H25N4O11PS2. The summed E-state index contributed by atoms with van der Waals surface area (Å²) in [6.45, 7) is 1.59. The van der Waals surface area contributed by atoms with Gasteiger partial charge in [0.1, 0.15) is 29.8 Å². The van der Waals surface area contributed by atoms with Crippen molar-refractivity contribution in [2.24, 2.45) is 0 Å². The lowest BCUT2D eigenvalue weighted by Gasteiger charge is -2.34. The van der Waals surface area contributed by atoms with E-state index >= 15 is 0 Å². The SMILES string of the molecule is CNc1ccc(C(=O)Oc2ccc(P(=S)(S)N3CCOCC3)cc2)c(OC(=O)CC(CO[N+](=O)[O-])O[N+](=O)[O-])c1. The first-order chi connectivity index (χ1) is 19.0. The van der Waals surface area contributed by atoms with E-state index in [1.54, 1.807) is 37.4 Å². The topological polar surface area (TPSA) is 182 Å². The van der Waals surface area contributed by atoms with Gasteiger partial charge in [-0.15, -0.1) is 32.5 Å². The zero-order valence-corrected chi connectivity index (χ0v) is 23.6. The number of nitrogens with zero attached hydrogens (tertiary/aromatic N) is 3. The van der Waals surface area contributed by atoms with Gasteiger partial charge in [-0.25, -0.2) is 4.79 Å². The summed E-state index contributed by atoms with van der Waals surface area (Å²) in [7, 11) is 1.59. The third kappa shape index (κ3) is 8.76. The number of hydrogen-bond acceptors (Lipinski definition) is 13. The molecule has 2 atom stereocenters. The fourth-order valence-electron chi connectivity index (χ4n) is 3.53. The molecule has 1 saturated heterocycles. The number of carbonyl (C=O) groups is 2. The molecule has 0 saturated carbocycles. The van der Waals surface area contributed by atoms with Crippen LogP contribution in [0.15, 0.2) is 42.5 Å². The molecule has 0 aliphatic carbocycles. The molecule has 216 valence electrons. The summed E-state index contributed by atoms with van der Waals surface area (Å²) in [6, 6.07) is 10.9. The Morgan fingerprint density at radius 3 is 2.40 bits per heavy atom. The van der Waals surface area contributed by atoms with Crippen molar-refractivity contribution in [1.82, 2.24) is 4.67 Å². The number of hydrogen-bond donors (Lipinski definition) is 2. The van der Waals surface area contributed by atoms with Crippen molar-refractivity contribution in [3.05, 3.63) is 68.3 Å². The zero-order chi connectivity index (χ0) is 29.3. The lowest BCUT2D eigenvalue weighted by Crippen LogP contribution is -2.35. The van der Waals surface area contributed by atoms with Crippen LogP contribution in [0.1, 0.15) is 16.8 Å². The van der Waals surface area contributed by atoms with Gasteiger partial charge in [0.25, 0.3) is 10.2 Å². The smallest absolute Gasteiger partial charge is 0.347 e. The molecule has 40 heavy (non-hydrogen) atoms. The van der Waals surface area contributed by atoms with Gasteiger partial charge in [0, 0.05) is 37.2 Å². The first kappa shape index (κ1) is 31.0. The molecule has 15 nitrogen and oxygen atoms in total. The van der Waals surface area contributed by atoms with Gasteiger partial charge in [-0.2, -0.15) is 0 Å². The second-order valence-electron chi connectivity index (χ2n) is 8.10. The maximum absolute atomic E-state index is 13.0. The first-order valence-corrected chi connectivity index (χ1v) is 15.5. The lowest BCUT2D eigenvalue weighted by molar-refractivity contribution is -0.789. The Balaban J connectivity index is 1.73. The average Bonchev–Trinajstić information content (AvgIpc) is 2.92. The van der Waals surface area contributed by atoms with E-state index in [1.807, 2.05) is 0 Å². The van der Waals surface area contributed by atoms with Crippen molar-refractivity contribution in [2.75, 3.05) is 45.3 Å². The monoisotopic (exact) mass is 616 g/mol. The summed E-state index contributed by atoms with van der Waals surface area (Å²) in [5.74, 6) is -1.95. The Morgan fingerprint density at radius 1 is 1.12 bits per heavy atom. The zero-order valence-electron chi connectivity index (χ0n) is 21.0. The van der Waals surface area contributed by atoms with Crippen LogP contribution in [0.3, 0.4) is 0 Å². The number of benzene rings is 2. The Hall–Kier alpha value is -3.50. The summed E-state index contributed by atoms with van der Waals surface area (Å²) in [4.78, 5) is 54.9. The van der Waals surface area contributed by atoms with Gasteiger partial charge in [0.15, 0.2) is 0 Å². The molecule has 0 amide bonds. The van der Waals surface area contributed by atoms with Gasteiger partial charge in [-0.05, 0) is 36.4 Å². The van der Waals surface area contributed by atoms with Crippen LogP contribution in [0.4, 0.5) is 5.69 Å². The van der Waals surface area contributed by atoms with E-state index in [9.17, 15) is 29.8 Å². The fraction of sp³-hybridized carbons (Fsp3) is 0.364. The number of morpholine rings is 1. The molecule has 0 aromatic heterocycles. The predicted octanol–water partition coefficient (Wildman–Crippen LogP) is 2.22. The quantitative estimate of drug-likeness (QED) is 0.0834. The second kappa shape index (κ2) is 14.2. The summed E-state index contributed by atoms with van der Waals surface area (Å²) in [5.41, 5.74) is 0.346. The number of rotatable bonds is 13. The van der Waals surface area contributed by atoms with Crippen LogP contribution >= 0.6 is 17.6 Å². The summed E-state index contributed by atoms with van der Waals surface area (Å²) >= 11 is 10.6. The van der Waals surface area contributed by atoms with E-state index in [0.29, 0.717) is 32.0 Å². The van der Waals surface area contributed by atoms with E-state index < -0.39 is 46.6 Å². The molecule has 1 fully saturated rings. The van der Waals surface area contributed by atoms with Gasteiger partial charge < -0.3 is 29.2 Å². The molecule has 0 spiro atoms. The maximum atomic E-state index is 13.0. The van der Waals surface area contributed by atoms with Crippen LogP contribution in [-0.2, 0) is 31.0 Å². The van der Waals surface area contributed by atoms with E-state index in [1.165, 1.54) is 12.1 Å². The van der Waals surface area contributed by atoms with E-state index in [2.05, 4.69) is 19.7 Å². The molecular weight excluding hydrogens is 591 g/mol. The van der Waals surface area contributed by atoms with Crippen molar-refractivity contribution >= 4 is 52.4 Å². The normalized spacial score (nSPS) is 15.7. The standard InChI is InChI=1S/C22H25N4O11PS2/c1-23-15-2-7-19(20(12-15)36-21(27)13-17(37-26(31)32)14-34-25(29)30)22(28)35-16-3-5-18(6-4-16)38(39,40)24-8-10-33-11-9-24/h2-7,12,17,23H,8-11,13-14H2,1H3,(H,39,40). The van der Waals surface area contributed by atoms with Crippen LogP contribution in [0.2, 0.25) is 0 Å². The molecule has 1 N–H and O–H groups in total. The van der Waals surface area contributed by atoms with E-state index in [4.69, 9.17) is 38.3 Å². The van der Waals surface area contributed by atoms with Crippen molar-refractivity contribution in [3.63, 3.8) is 0 Å². The number of ether oxygens (including phenoxy) is 3. The van der Waals surface area contributed by atoms with Crippen molar-refractivity contribution in [3.8, 4) is 11.5 Å². The fourth-order valence-corrected chi connectivity index (χ4v) is 6.89. The predicted molar refractivity (Wildman–Crippen MR) is 148 cm³/mol. The summed E-state index contributed by atoms with van der Waals surface area (Å²) in [6.07, 6.45) is -2.41. The third-order valence-corrected chi connectivity index (χ3v) is 10.4. The molecule has 3 rings (SSSR count). The Bertz CT molecular complexity index is 1290. The first-order valence-electron chi connectivity index (χ1n) is 11.6. The van der Waals surface area contributed by atoms with Gasteiger partial charge in [-0.1, -0.05) is 11.8 Å². The molecule has 0 radical (unpaired) electrons. The van der Waals surface area contributed by atoms with Gasteiger partial charge >= 0.3 is 11.9 Å². The van der Waals surface area contributed by atoms with Gasteiger partial charge in [0.2, 0.25) is 0 Å². The number of esters is 2.